The molecule has 0 N–H and O–H groups in total. The van der Waals surface area contributed by atoms with Gasteiger partial charge in [-0.25, -0.2) is 0 Å². The van der Waals surface area contributed by atoms with Gasteiger partial charge in [0.2, 0.25) is 0 Å². The summed E-state index contributed by atoms with van der Waals surface area (Å²) in [5.41, 5.74) is 17.9. The Morgan fingerprint density at radius 2 is 0.882 bits per heavy atom. The smallest absolute Gasteiger partial charge is 0.132 e. The molecule has 0 bridgehead atoms. The van der Waals surface area contributed by atoms with Crippen LogP contribution in [0.2, 0.25) is 0 Å². The second kappa shape index (κ2) is 15.1. The number of rotatable bonds is 6. The van der Waals surface area contributed by atoms with Crippen LogP contribution in [-0.2, 0) is 5.41 Å². The van der Waals surface area contributed by atoms with Gasteiger partial charge in [-0.1, -0.05) is 200 Å². The summed E-state index contributed by atoms with van der Waals surface area (Å²) >= 11 is 0. The highest BCUT2D eigenvalue weighted by molar-refractivity contribution is 6.12. The van der Waals surface area contributed by atoms with E-state index in [1.54, 1.807) is 0 Å². The molecule has 1 aromatic heterocycles. The molecule has 1 aliphatic carbocycles. The van der Waals surface area contributed by atoms with Gasteiger partial charge in [0, 0.05) is 50.1 Å². The zero-order chi connectivity index (χ0) is 44.8. The first-order valence-electron chi connectivity index (χ1n) is 23.4. The summed E-state index contributed by atoms with van der Waals surface area (Å²) in [6, 6.07) is 93.0. The molecule has 11 aromatic carbocycles. The third-order valence-electron chi connectivity index (χ3n) is 14.4. The van der Waals surface area contributed by atoms with Crippen LogP contribution >= 0.6 is 0 Å². The van der Waals surface area contributed by atoms with E-state index in [0.717, 1.165) is 56.4 Å². The quantitative estimate of drug-likeness (QED) is 0.166. The van der Waals surface area contributed by atoms with E-state index < -0.39 is 5.41 Å². The van der Waals surface area contributed by atoms with Crippen LogP contribution in [-0.4, -0.2) is 4.57 Å². The lowest BCUT2D eigenvalue weighted by atomic mass is 9.58. The fourth-order valence-electron chi connectivity index (χ4n) is 11.7. The maximum Gasteiger partial charge on any atom is 0.132 e. The molecule has 3 heteroatoms. The topological polar surface area (TPSA) is 17.4 Å². The zero-order valence-electron chi connectivity index (χ0n) is 37.1. The van der Waals surface area contributed by atoms with Crippen molar-refractivity contribution in [2.75, 3.05) is 4.90 Å². The number of ether oxygens (including phenoxy) is 1. The first-order chi connectivity index (χ1) is 33.8. The van der Waals surface area contributed by atoms with Gasteiger partial charge in [0.1, 0.15) is 11.5 Å². The molecule has 68 heavy (non-hydrogen) atoms. The summed E-state index contributed by atoms with van der Waals surface area (Å²) in [6.07, 6.45) is 0. The van der Waals surface area contributed by atoms with E-state index in [9.17, 15) is 0 Å². The molecular weight excluding hydrogens is 825 g/mol. The lowest BCUT2D eigenvalue weighted by Crippen LogP contribution is -2.36. The van der Waals surface area contributed by atoms with E-state index in [0.29, 0.717) is 0 Å². The van der Waals surface area contributed by atoms with Gasteiger partial charge in [0.05, 0.1) is 22.1 Å². The number of hydrogen-bond acceptors (Lipinski definition) is 2. The molecule has 0 saturated carbocycles. The molecule has 1 spiro atoms. The Labute approximate surface area is 395 Å². The lowest BCUT2D eigenvalue weighted by molar-refractivity contribution is 0.435. The number of nitrogens with zero attached hydrogens (tertiary/aromatic N) is 2. The SMILES string of the molecule is c1ccc(-c2cccc(-c3ccccc3)c2-n2c3ccccc3c3ccc(N(c4ccccc4)c4ccc5c(c4)C4(c6ccccc6O5)c5ccccc5-c5cccc6cccc4c56)cc32)cc1. The largest absolute Gasteiger partial charge is 0.457 e. The first-order valence-corrected chi connectivity index (χ1v) is 23.4. The summed E-state index contributed by atoms with van der Waals surface area (Å²) in [5, 5.41) is 4.92. The summed E-state index contributed by atoms with van der Waals surface area (Å²) in [6.45, 7) is 0. The summed E-state index contributed by atoms with van der Waals surface area (Å²) in [7, 11) is 0. The second-order valence-electron chi connectivity index (χ2n) is 17.9. The highest BCUT2D eigenvalue weighted by Gasteiger charge is 2.49. The molecule has 1 unspecified atom stereocenters. The molecule has 0 fully saturated rings. The zero-order valence-corrected chi connectivity index (χ0v) is 37.1. The third-order valence-corrected chi connectivity index (χ3v) is 14.4. The van der Waals surface area contributed by atoms with Crippen LogP contribution in [0.15, 0.2) is 255 Å². The number of aromatic nitrogens is 1. The van der Waals surface area contributed by atoms with Crippen molar-refractivity contribution in [2.24, 2.45) is 0 Å². The molecule has 1 atom stereocenters. The molecule has 318 valence electrons. The number of benzene rings is 11. The Kier molecular flexibility index (Phi) is 8.50. The standard InChI is InChI=1S/C65H42N2O/c1-4-19-43(20-5-1)49-29-18-30-50(44-21-6-2-7-22-44)64(49)67-59-35-14-11-28-52(59)53-39-37-48(42-60(53)67)66(46-25-8-3-9-26-46)47-38-40-62-58(41-47)65(56-33-13-15-36-61(56)68-62)55-32-12-10-27-51(55)54-31-16-23-45-24-17-34-57(65)63(45)54/h1-42H. The fraction of sp³-hybridized carbons (Fsp3) is 0.0154. The van der Waals surface area contributed by atoms with E-state index in [4.69, 9.17) is 4.74 Å². The van der Waals surface area contributed by atoms with Gasteiger partial charge >= 0.3 is 0 Å². The maximum absolute atomic E-state index is 6.98. The summed E-state index contributed by atoms with van der Waals surface area (Å²) in [5.74, 6) is 1.73. The number of hydrogen-bond donors (Lipinski definition) is 0. The number of fused-ring (bicyclic) bond motifs is 11. The van der Waals surface area contributed by atoms with Crippen LogP contribution in [0.3, 0.4) is 0 Å². The van der Waals surface area contributed by atoms with Crippen molar-refractivity contribution in [1.29, 1.82) is 0 Å². The predicted octanol–water partition coefficient (Wildman–Crippen LogP) is 17.2. The van der Waals surface area contributed by atoms with Crippen LogP contribution < -0.4 is 9.64 Å². The fourth-order valence-corrected chi connectivity index (χ4v) is 11.7. The molecule has 0 radical (unpaired) electrons. The second-order valence-corrected chi connectivity index (χ2v) is 17.9. The van der Waals surface area contributed by atoms with Crippen LogP contribution in [0, 0.1) is 0 Å². The highest BCUT2D eigenvalue weighted by atomic mass is 16.5. The van der Waals surface area contributed by atoms with E-state index in [-0.39, 0.29) is 0 Å². The van der Waals surface area contributed by atoms with Gasteiger partial charge in [-0.3, -0.25) is 0 Å². The Morgan fingerprint density at radius 1 is 0.338 bits per heavy atom. The molecule has 3 nitrogen and oxygen atoms in total. The minimum absolute atomic E-state index is 0.668. The molecule has 2 heterocycles. The molecule has 1 aliphatic heterocycles. The van der Waals surface area contributed by atoms with E-state index >= 15 is 0 Å². The average molecular weight is 867 g/mol. The molecule has 0 amide bonds. The van der Waals surface area contributed by atoms with Crippen molar-refractivity contribution in [3.63, 3.8) is 0 Å². The monoisotopic (exact) mass is 866 g/mol. The van der Waals surface area contributed by atoms with Crippen molar-refractivity contribution >= 4 is 49.6 Å². The van der Waals surface area contributed by atoms with Gasteiger partial charge < -0.3 is 14.2 Å². The van der Waals surface area contributed by atoms with Gasteiger partial charge in [-0.05, 0) is 98.8 Å². The van der Waals surface area contributed by atoms with Gasteiger partial charge in [-0.2, -0.15) is 0 Å². The third kappa shape index (κ3) is 5.54. The molecule has 2 aliphatic rings. The summed E-state index contributed by atoms with van der Waals surface area (Å²) in [4.78, 5) is 2.42. The van der Waals surface area contributed by atoms with Crippen molar-refractivity contribution in [2.45, 2.75) is 5.41 Å². The van der Waals surface area contributed by atoms with E-state index in [1.165, 1.54) is 66.1 Å². The van der Waals surface area contributed by atoms with Crippen LogP contribution in [0.4, 0.5) is 17.1 Å². The molecular formula is C65H42N2O. The van der Waals surface area contributed by atoms with E-state index in [2.05, 4.69) is 264 Å². The Hall–Kier alpha value is -8.92. The Morgan fingerprint density at radius 3 is 1.66 bits per heavy atom. The van der Waals surface area contributed by atoms with Gasteiger partial charge in [0.15, 0.2) is 0 Å². The van der Waals surface area contributed by atoms with Crippen LogP contribution in [0.5, 0.6) is 11.5 Å². The van der Waals surface area contributed by atoms with Crippen molar-refractivity contribution in [1.82, 2.24) is 4.57 Å². The predicted molar refractivity (Wildman–Crippen MR) is 281 cm³/mol. The van der Waals surface area contributed by atoms with Gasteiger partial charge in [-0.15, -0.1) is 0 Å². The lowest BCUT2D eigenvalue weighted by Gasteiger charge is -2.45. The Balaban J connectivity index is 1.05. The van der Waals surface area contributed by atoms with Crippen molar-refractivity contribution in [3.8, 4) is 50.6 Å². The van der Waals surface area contributed by atoms with Crippen molar-refractivity contribution in [3.05, 3.63) is 277 Å². The minimum Gasteiger partial charge on any atom is -0.457 e. The summed E-state index contributed by atoms with van der Waals surface area (Å²) < 4.78 is 9.49. The molecule has 0 saturated heterocycles. The number of anilines is 3. The maximum atomic E-state index is 6.98. The van der Waals surface area contributed by atoms with Gasteiger partial charge in [0.25, 0.3) is 0 Å². The Bertz CT molecular complexity index is 3890. The van der Waals surface area contributed by atoms with Crippen molar-refractivity contribution < 1.29 is 4.74 Å². The average Bonchev–Trinajstić information content (AvgIpc) is 3.74. The van der Waals surface area contributed by atoms with Crippen LogP contribution in [0.1, 0.15) is 22.3 Å². The van der Waals surface area contributed by atoms with E-state index in [1.807, 2.05) is 0 Å². The normalized spacial score (nSPS) is 14.4. The molecule has 12 aromatic rings. The van der Waals surface area contributed by atoms with Crippen LogP contribution in [0.25, 0.3) is 71.6 Å². The first kappa shape index (κ1) is 38.4. The molecule has 14 rings (SSSR count). The minimum atomic E-state index is -0.668. The number of para-hydroxylation sites is 4. The highest BCUT2D eigenvalue weighted by Crippen LogP contribution is 2.62.